The van der Waals surface area contributed by atoms with Crippen LogP contribution in [0, 0.1) is 17.0 Å². The van der Waals surface area contributed by atoms with Crippen LogP contribution in [-0.4, -0.2) is 56.0 Å². The predicted octanol–water partition coefficient (Wildman–Crippen LogP) is 1.17. The maximum absolute atomic E-state index is 12.9. The minimum Gasteiger partial charge on any atom is -0.454 e. The van der Waals surface area contributed by atoms with Crippen LogP contribution in [-0.2, 0) is 21.4 Å². The van der Waals surface area contributed by atoms with Gasteiger partial charge in [-0.1, -0.05) is 24.3 Å². The van der Waals surface area contributed by atoms with Gasteiger partial charge in [0.15, 0.2) is 6.61 Å². The molecule has 0 unspecified atom stereocenters. The monoisotopic (exact) mass is 493 g/mol. The van der Waals surface area contributed by atoms with Crippen LogP contribution in [0.4, 0.5) is 11.4 Å². The zero-order chi connectivity index (χ0) is 26.1. The number of carbonyl (C=O) groups excluding carboxylic acids is 4. The van der Waals surface area contributed by atoms with E-state index >= 15 is 0 Å². The van der Waals surface area contributed by atoms with Gasteiger partial charge in [0.1, 0.15) is 17.8 Å². The topological polar surface area (TPSA) is 163 Å². The molecule has 3 amide bonds. The number of amides is 3. The summed E-state index contributed by atoms with van der Waals surface area (Å²) in [6.07, 6.45) is 0. The molecule has 1 aliphatic rings. The van der Waals surface area contributed by atoms with Crippen molar-refractivity contribution in [2.24, 2.45) is 7.05 Å². The average Bonchev–Trinajstić information content (AvgIpc) is 3.22. The molecule has 0 saturated heterocycles. The van der Waals surface area contributed by atoms with Crippen molar-refractivity contribution in [2.75, 3.05) is 18.5 Å². The van der Waals surface area contributed by atoms with E-state index in [9.17, 15) is 34.1 Å². The van der Waals surface area contributed by atoms with Gasteiger partial charge in [0, 0.05) is 13.1 Å². The molecule has 13 nitrogen and oxygen atoms in total. The van der Waals surface area contributed by atoms with E-state index in [4.69, 9.17) is 4.74 Å². The molecule has 2 aromatic carbocycles. The highest BCUT2D eigenvalue weighted by Gasteiger charge is 2.42. The quantitative estimate of drug-likeness (QED) is 0.222. The lowest BCUT2D eigenvalue weighted by Gasteiger charge is -2.12. The number of nitro groups is 1. The molecule has 36 heavy (non-hydrogen) atoms. The number of fused-ring (bicyclic) bond motifs is 1. The average molecular weight is 493 g/mol. The van der Waals surface area contributed by atoms with E-state index in [0.29, 0.717) is 16.3 Å². The number of para-hydroxylation sites is 1. The summed E-state index contributed by atoms with van der Waals surface area (Å²) in [5.41, 5.74) is -0.623. The molecule has 1 aliphatic heterocycles. The number of anilines is 1. The molecule has 0 radical (unpaired) electrons. The molecule has 0 atom stereocenters. The van der Waals surface area contributed by atoms with Gasteiger partial charge < -0.3 is 10.1 Å². The van der Waals surface area contributed by atoms with E-state index in [2.05, 4.69) is 5.32 Å². The van der Waals surface area contributed by atoms with Gasteiger partial charge in [-0.3, -0.25) is 43.7 Å². The fourth-order valence-electron chi connectivity index (χ4n) is 3.82. The number of hydrogen-bond acceptors (Lipinski definition) is 8. The van der Waals surface area contributed by atoms with Crippen LogP contribution in [0.3, 0.4) is 0 Å². The van der Waals surface area contributed by atoms with E-state index < -0.39 is 58.6 Å². The van der Waals surface area contributed by atoms with Crippen LogP contribution in [0.5, 0.6) is 0 Å². The van der Waals surface area contributed by atoms with E-state index in [1.54, 1.807) is 49.0 Å². The van der Waals surface area contributed by atoms with Crippen LogP contribution in [0.2, 0.25) is 0 Å². The van der Waals surface area contributed by atoms with Crippen molar-refractivity contribution < 1.29 is 28.8 Å². The van der Waals surface area contributed by atoms with Gasteiger partial charge in [-0.15, -0.1) is 0 Å². The summed E-state index contributed by atoms with van der Waals surface area (Å²) < 4.78 is 7.78. The van der Waals surface area contributed by atoms with Gasteiger partial charge >= 0.3 is 5.97 Å². The Bertz CT molecular complexity index is 1490. The van der Waals surface area contributed by atoms with Crippen molar-refractivity contribution in [2.45, 2.75) is 6.92 Å². The van der Waals surface area contributed by atoms with Crippen molar-refractivity contribution in [1.82, 2.24) is 14.3 Å². The Morgan fingerprint density at radius 2 is 1.72 bits per heavy atom. The molecule has 4 rings (SSSR count). The molecule has 2 heterocycles. The molecule has 0 fully saturated rings. The highest BCUT2D eigenvalue weighted by Crippen LogP contribution is 2.30. The largest absolute Gasteiger partial charge is 0.454 e. The van der Waals surface area contributed by atoms with Gasteiger partial charge in [0.05, 0.1) is 21.9 Å². The summed E-state index contributed by atoms with van der Waals surface area (Å²) in [6.45, 7) is -0.00681. The third kappa shape index (κ3) is 4.13. The molecular formula is C23H19N5O8. The second-order valence-corrected chi connectivity index (χ2v) is 7.80. The highest BCUT2D eigenvalue weighted by atomic mass is 16.6. The summed E-state index contributed by atoms with van der Waals surface area (Å²) in [5.74, 6) is -3.80. The van der Waals surface area contributed by atoms with Gasteiger partial charge in [-0.25, -0.2) is 4.68 Å². The number of nitro benzene ring substituents is 1. The van der Waals surface area contributed by atoms with E-state index in [1.807, 2.05) is 0 Å². The SMILES string of the molecule is Cc1c(NC(=O)COC(=O)CN2C(=O)c3cccc([N+](=O)[O-])c3C2=O)c(=O)n(-c2ccccc2)n1C. The minimum absolute atomic E-state index is 0.00457. The first-order chi connectivity index (χ1) is 17.1. The van der Waals surface area contributed by atoms with Crippen molar-refractivity contribution in [1.29, 1.82) is 0 Å². The van der Waals surface area contributed by atoms with E-state index in [0.717, 1.165) is 6.07 Å². The summed E-state index contributed by atoms with van der Waals surface area (Å²) in [4.78, 5) is 73.4. The number of nitrogens with zero attached hydrogens (tertiary/aromatic N) is 4. The van der Waals surface area contributed by atoms with Crippen LogP contribution in [0.15, 0.2) is 53.3 Å². The summed E-state index contributed by atoms with van der Waals surface area (Å²) in [7, 11) is 1.64. The zero-order valence-corrected chi connectivity index (χ0v) is 19.1. The number of esters is 1. The molecule has 1 N–H and O–H groups in total. The second kappa shape index (κ2) is 9.29. The molecule has 13 heteroatoms. The second-order valence-electron chi connectivity index (χ2n) is 7.80. The Morgan fingerprint density at radius 3 is 2.39 bits per heavy atom. The number of carbonyl (C=O) groups is 4. The fraction of sp³-hybridized carbons (Fsp3) is 0.174. The number of rotatable bonds is 7. The van der Waals surface area contributed by atoms with Crippen LogP contribution in [0.1, 0.15) is 26.4 Å². The summed E-state index contributed by atoms with van der Waals surface area (Å²) >= 11 is 0. The Morgan fingerprint density at radius 1 is 1.03 bits per heavy atom. The van der Waals surface area contributed by atoms with Crippen molar-refractivity contribution in [3.05, 3.63) is 85.8 Å². The first kappa shape index (κ1) is 24.1. The van der Waals surface area contributed by atoms with Crippen molar-refractivity contribution in [3.63, 3.8) is 0 Å². The van der Waals surface area contributed by atoms with E-state index in [-0.39, 0.29) is 11.3 Å². The molecule has 0 aliphatic carbocycles. The summed E-state index contributed by atoms with van der Waals surface area (Å²) in [5, 5.41) is 13.6. The van der Waals surface area contributed by atoms with Crippen LogP contribution < -0.4 is 10.9 Å². The smallest absolute Gasteiger partial charge is 0.326 e. The molecule has 1 aromatic heterocycles. The molecule has 184 valence electrons. The van der Waals surface area contributed by atoms with Crippen molar-refractivity contribution in [3.8, 4) is 5.69 Å². The zero-order valence-electron chi connectivity index (χ0n) is 19.1. The Labute approximate surface area is 202 Å². The van der Waals surface area contributed by atoms with Gasteiger partial charge in [-0.05, 0) is 25.1 Å². The number of ether oxygens (including phenoxy) is 1. The number of aromatic nitrogens is 2. The lowest BCUT2D eigenvalue weighted by Crippen LogP contribution is -2.36. The lowest BCUT2D eigenvalue weighted by atomic mass is 10.1. The normalized spacial score (nSPS) is 12.4. The van der Waals surface area contributed by atoms with Gasteiger partial charge in [0.2, 0.25) is 0 Å². The predicted molar refractivity (Wildman–Crippen MR) is 124 cm³/mol. The number of hydrogen-bond donors (Lipinski definition) is 1. The fourth-order valence-corrected chi connectivity index (χ4v) is 3.82. The molecule has 0 spiro atoms. The van der Waals surface area contributed by atoms with Gasteiger partial charge in [-0.2, -0.15) is 0 Å². The highest BCUT2D eigenvalue weighted by molar-refractivity contribution is 6.24. The van der Waals surface area contributed by atoms with Crippen LogP contribution in [0.25, 0.3) is 5.69 Å². The Hall–Kier alpha value is -5.07. The molecule has 0 saturated carbocycles. The Kier molecular flexibility index (Phi) is 6.21. The first-order valence-corrected chi connectivity index (χ1v) is 10.5. The Balaban J connectivity index is 1.41. The third-order valence-corrected chi connectivity index (χ3v) is 5.64. The first-order valence-electron chi connectivity index (χ1n) is 10.5. The molecule has 0 bridgehead atoms. The van der Waals surface area contributed by atoms with Crippen LogP contribution >= 0.6 is 0 Å². The van der Waals surface area contributed by atoms with Gasteiger partial charge in [0.25, 0.3) is 29.0 Å². The maximum atomic E-state index is 12.9. The summed E-state index contributed by atoms with van der Waals surface area (Å²) in [6, 6.07) is 12.3. The maximum Gasteiger partial charge on any atom is 0.326 e. The van der Waals surface area contributed by atoms with Crippen molar-refractivity contribution >= 4 is 35.1 Å². The minimum atomic E-state index is -1.09. The standard InChI is InChI=1S/C23H19N5O8/c1-13-20(23(33)27(25(13)2)14-7-4-3-5-8-14)24-17(29)12-36-18(30)11-26-21(31)15-9-6-10-16(28(34)35)19(15)22(26)32/h3-10H,11-12H2,1-2H3,(H,24,29). The third-order valence-electron chi connectivity index (χ3n) is 5.64. The number of benzene rings is 2. The molecule has 3 aromatic rings. The van der Waals surface area contributed by atoms with E-state index in [1.165, 1.54) is 16.8 Å². The molecular weight excluding hydrogens is 474 g/mol. The lowest BCUT2D eigenvalue weighted by molar-refractivity contribution is -0.385. The number of imide groups is 1. The number of nitrogens with one attached hydrogen (secondary N) is 1.